The number of nitrogens with zero attached hydrogens (tertiary/aromatic N) is 1. The van der Waals surface area contributed by atoms with Gasteiger partial charge in [-0.1, -0.05) is 0 Å². The van der Waals surface area contributed by atoms with Gasteiger partial charge in [0.05, 0.1) is 0 Å². The molecule has 0 aromatic carbocycles. The van der Waals surface area contributed by atoms with Gasteiger partial charge in [0.1, 0.15) is 17.1 Å². The van der Waals surface area contributed by atoms with Crippen molar-refractivity contribution in [2.24, 2.45) is 0 Å². The highest BCUT2D eigenvalue weighted by Gasteiger charge is 2.33. The van der Waals surface area contributed by atoms with Crippen molar-refractivity contribution in [2.75, 3.05) is 17.6 Å². The Morgan fingerprint density at radius 3 is 2.80 bits per heavy atom. The van der Waals surface area contributed by atoms with E-state index in [0.717, 1.165) is 24.7 Å². The second-order valence-electron chi connectivity index (χ2n) is 4.41. The van der Waals surface area contributed by atoms with Crippen molar-refractivity contribution in [1.29, 1.82) is 0 Å². The number of carboxylic acids is 1. The van der Waals surface area contributed by atoms with E-state index in [1.165, 1.54) is 0 Å². The molecule has 1 aliphatic heterocycles. The Morgan fingerprint density at radius 2 is 2.25 bits per heavy atom. The molecule has 0 saturated carbocycles. The number of rotatable bonds is 4. The number of aromatic carboxylic acids is 1. The Balaban J connectivity index is 2.20. The predicted molar refractivity (Wildman–Crippen MR) is 70.2 cm³/mol. The maximum atomic E-state index is 12.6. The topological polar surface area (TPSA) is 62.2 Å². The maximum absolute atomic E-state index is 12.6. The molecule has 0 spiro atoms. The second-order valence-corrected chi connectivity index (χ2v) is 5.82. The molecule has 1 atom stereocenters. The van der Waals surface area contributed by atoms with Gasteiger partial charge in [-0.3, -0.25) is 0 Å². The Morgan fingerprint density at radius 1 is 1.50 bits per heavy atom. The summed E-state index contributed by atoms with van der Waals surface area (Å²) in [7, 11) is 0. The molecule has 1 fully saturated rings. The zero-order valence-corrected chi connectivity index (χ0v) is 11.2. The van der Waals surface area contributed by atoms with Gasteiger partial charge in [0.15, 0.2) is 0 Å². The number of aromatic nitrogens is 1. The molecule has 2 heterocycles. The first kappa shape index (κ1) is 15.0. The SMILES string of the molecule is O=C(O)c1ccc(C(F)(F)F)nc1NCC1CCCS1. The van der Waals surface area contributed by atoms with Gasteiger partial charge in [-0.15, -0.1) is 0 Å². The van der Waals surface area contributed by atoms with Crippen LogP contribution in [0.4, 0.5) is 19.0 Å². The van der Waals surface area contributed by atoms with Crippen LogP contribution >= 0.6 is 11.8 Å². The molecule has 20 heavy (non-hydrogen) atoms. The van der Waals surface area contributed by atoms with Crippen LogP contribution in [0.1, 0.15) is 28.9 Å². The molecule has 0 bridgehead atoms. The van der Waals surface area contributed by atoms with Crippen molar-refractivity contribution in [3.05, 3.63) is 23.4 Å². The summed E-state index contributed by atoms with van der Waals surface area (Å²) < 4.78 is 37.8. The zero-order valence-electron chi connectivity index (χ0n) is 10.4. The molecule has 1 aromatic rings. The largest absolute Gasteiger partial charge is 0.478 e. The number of alkyl halides is 3. The van der Waals surface area contributed by atoms with E-state index in [-0.39, 0.29) is 16.6 Å². The highest BCUT2D eigenvalue weighted by atomic mass is 32.2. The highest BCUT2D eigenvalue weighted by Crippen LogP contribution is 2.30. The minimum absolute atomic E-state index is 0.222. The average molecular weight is 306 g/mol. The fraction of sp³-hybridized carbons (Fsp3) is 0.500. The first-order chi connectivity index (χ1) is 9.38. The van der Waals surface area contributed by atoms with Crippen molar-refractivity contribution in [3.63, 3.8) is 0 Å². The van der Waals surface area contributed by atoms with E-state index in [2.05, 4.69) is 10.3 Å². The van der Waals surface area contributed by atoms with Crippen molar-refractivity contribution in [3.8, 4) is 0 Å². The van der Waals surface area contributed by atoms with E-state index in [9.17, 15) is 18.0 Å². The van der Waals surface area contributed by atoms with Gasteiger partial charge >= 0.3 is 12.1 Å². The van der Waals surface area contributed by atoms with Crippen molar-refractivity contribution >= 4 is 23.5 Å². The summed E-state index contributed by atoms with van der Waals surface area (Å²) in [6.07, 6.45) is -2.55. The molecule has 1 unspecified atom stereocenters. The van der Waals surface area contributed by atoms with Gasteiger partial charge in [0, 0.05) is 11.8 Å². The zero-order chi connectivity index (χ0) is 14.8. The van der Waals surface area contributed by atoms with Gasteiger partial charge in [-0.25, -0.2) is 9.78 Å². The summed E-state index contributed by atoms with van der Waals surface area (Å²) in [5.74, 6) is -0.499. The normalized spacial score (nSPS) is 19.1. The number of pyridine rings is 1. The number of carboxylic acid groups (broad SMARTS) is 1. The summed E-state index contributed by atoms with van der Waals surface area (Å²) in [4.78, 5) is 14.4. The summed E-state index contributed by atoms with van der Waals surface area (Å²) in [6.45, 7) is 0.416. The molecular weight excluding hydrogens is 293 g/mol. The summed E-state index contributed by atoms with van der Waals surface area (Å²) in [5, 5.41) is 12.0. The highest BCUT2D eigenvalue weighted by molar-refractivity contribution is 8.00. The molecule has 4 nitrogen and oxygen atoms in total. The number of halogens is 3. The summed E-state index contributed by atoms with van der Waals surface area (Å²) >= 11 is 1.73. The molecule has 1 aliphatic rings. The van der Waals surface area contributed by atoms with Gasteiger partial charge < -0.3 is 10.4 Å². The van der Waals surface area contributed by atoms with Crippen LogP contribution in [-0.2, 0) is 6.18 Å². The van der Waals surface area contributed by atoms with Crippen molar-refractivity contribution in [2.45, 2.75) is 24.3 Å². The van der Waals surface area contributed by atoms with E-state index in [4.69, 9.17) is 5.11 Å². The van der Waals surface area contributed by atoms with Crippen LogP contribution in [0, 0.1) is 0 Å². The third-order valence-corrected chi connectivity index (χ3v) is 4.34. The van der Waals surface area contributed by atoms with Crippen LogP contribution in [0.25, 0.3) is 0 Å². The van der Waals surface area contributed by atoms with Crippen LogP contribution in [0.3, 0.4) is 0 Å². The van der Waals surface area contributed by atoms with Gasteiger partial charge in [0.25, 0.3) is 0 Å². The number of anilines is 1. The minimum Gasteiger partial charge on any atom is -0.478 e. The number of hydrogen-bond acceptors (Lipinski definition) is 4. The average Bonchev–Trinajstić information content (AvgIpc) is 2.87. The Bertz CT molecular complexity index is 502. The van der Waals surface area contributed by atoms with Crippen molar-refractivity contribution < 1.29 is 23.1 Å². The molecule has 1 saturated heterocycles. The molecule has 110 valence electrons. The monoisotopic (exact) mass is 306 g/mol. The lowest BCUT2D eigenvalue weighted by Crippen LogP contribution is -2.19. The lowest BCUT2D eigenvalue weighted by Gasteiger charge is -2.14. The van der Waals surface area contributed by atoms with Crippen molar-refractivity contribution in [1.82, 2.24) is 4.98 Å². The number of nitrogens with one attached hydrogen (secondary N) is 1. The quantitative estimate of drug-likeness (QED) is 0.895. The molecule has 0 aliphatic carbocycles. The molecule has 8 heteroatoms. The lowest BCUT2D eigenvalue weighted by molar-refractivity contribution is -0.141. The van der Waals surface area contributed by atoms with E-state index >= 15 is 0 Å². The molecule has 0 amide bonds. The number of thioether (sulfide) groups is 1. The minimum atomic E-state index is -4.59. The fourth-order valence-corrected chi connectivity index (χ4v) is 3.14. The van der Waals surface area contributed by atoms with Crippen LogP contribution in [0.2, 0.25) is 0 Å². The van der Waals surface area contributed by atoms with Gasteiger partial charge in [-0.2, -0.15) is 24.9 Å². The number of hydrogen-bond donors (Lipinski definition) is 2. The van der Waals surface area contributed by atoms with E-state index in [0.29, 0.717) is 12.6 Å². The van der Waals surface area contributed by atoms with Crippen LogP contribution < -0.4 is 5.32 Å². The summed E-state index contributed by atoms with van der Waals surface area (Å²) in [5.41, 5.74) is -1.34. The Kier molecular flexibility index (Phi) is 4.42. The maximum Gasteiger partial charge on any atom is 0.433 e. The molecule has 1 aromatic heterocycles. The van der Waals surface area contributed by atoms with E-state index in [1.54, 1.807) is 11.8 Å². The fourth-order valence-electron chi connectivity index (χ4n) is 1.94. The number of carbonyl (C=O) groups is 1. The first-order valence-corrected chi connectivity index (χ1v) is 7.10. The molecular formula is C12H13F3N2O2S. The summed E-state index contributed by atoms with van der Waals surface area (Å²) in [6, 6.07) is 1.61. The molecule has 2 N–H and O–H groups in total. The smallest absolute Gasteiger partial charge is 0.433 e. The van der Waals surface area contributed by atoms with Crippen LogP contribution in [0.15, 0.2) is 12.1 Å². The first-order valence-electron chi connectivity index (χ1n) is 6.05. The Labute approximate surface area is 117 Å². The molecule has 2 rings (SSSR count). The molecule has 0 radical (unpaired) electrons. The van der Waals surface area contributed by atoms with Gasteiger partial charge in [0.2, 0.25) is 0 Å². The van der Waals surface area contributed by atoms with E-state index in [1.807, 2.05) is 0 Å². The van der Waals surface area contributed by atoms with Gasteiger partial charge in [-0.05, 0) is 30.7 Å². The van der Waals surface area contributed by atoms with E-state index < -0.39 is 17.8 Å². The third-order valence-electron chi connectivity index (χ3n) is 2.94. The predicted octanol–water partition coefficient (Wildman–Crippen LogP) is 3.11. The Hall–Kier alpha value is -1.44. The second kappa shape index (κ2) is 5.90. The lowest BCUT2D eigenvalue weighted by atomic mass is 10.2. The standard InChI is InChI=1S/C12H13F3N2O2S/c13-12(14,15)9-4-3-8(11(18)19)10(17-9)16-6-7-2-1-5-20-7/h3-4,7H,1-2,5-6H2,(H,16,17)(H,18,19). The van der Waals surface area contributed by atoms with Crippen LogP contribution in [-0.4, -0.2) is 33.6 Å². The van der Waals surface area contributed by atoms with Crippen LogP contribution in [0.5, 0.6) is 0 Å². The third kappa shape index (κ3) is 3.56.